The maximum atomic E-state index is 5.81. The molecule has 0 saturated heterocycles. The van der Waals surface area contributed by atoms with E-state index in [4.69, 9.17) is 5.73 Å². The van der Waals surface area contributed by atoms with Gasteiger partial charge >= 0.3 is 0 Å². The molecule has 0 aliphatic carbocycles. The summed E-state index contributed by atoms with van der Waals surface area (Å²) in [5, 5.41) is 0. The number of rotatable bonds is 1. The summed E-state index contributed by atoms with van der Waals surface area (Å²) in [5.74, 6) is 12.1. The average molecular weight is 289 g/mol. The van der Waals surface area contributed by atoms with E-state index in [2.05, 4.69) is 29.7 Å². The van der Waals surface area contributed by atoms with Crippen molar-refractivity contribution < 1.29 is 0 Å². The van der Waals surface area contributed by atoms with Crippen molar-refractivity contribution in [2.75, 3.05) is 12.0 Å². The molecule has 2 N–H and O–H groups in total. The zero-order valence-corrected chi connectivity index (χ0v) is 12.6. The van der Waals surface area contributed by atoms with Crippen LogP contribution < -0.4 is 5.73 Å². The first-order chi connectivity index (χ1) is 10.3. The Hall–Kier alpha value is -2.55. The number of hydrogen-bond donors (Lipinski definition) is 1. The first kappa shape index (κ1) is 14.9. The van der Waals surface area contributed by atoms with E-state index < -0.39 is 0 Å². The molecule has 0 heterocycles. The number of anilines is 1. The molecule has 0 aliphatic rings. The molecule has 0 bridgehead atoms. The van der Waals surface area contributed by atoms with Gasteiger partial charge in [0.05, 0.1) is 0 Å². The molecule has 2 rings (SSSR count). The van der Waals surface area contributed by atoms with Gasteiger partial charge in [-0.05, 0) is 42.7 Å². The summed E-state index contributed by atoms with van der Waals surface area (Å²) in [6.07, 6.45) is 5.54. The Morgan fingerprint density at radius 2 is 1.43 bits per heavy atom. The zero-order valence-electron chi connectivity index (χ0n) is 11.8. The lowest BCUT2D eigenvalue weighted by atomic mass is 10.2. The van der Waals surface area contributed by atoms with Gasteiger partial charge in [0.25, 0.3) is 0 Å². The fourth-order valence-corrected chi connectivity index (χ4v) is 2.23. The molecule has 0 fully saturated rings. The van der Waals surface area contributed by atoms with Crippen molar-refractivity contribution in [3.8, 4) is 23.7 Å². The Labute approximate surface area is 130 Å². The molecule has 2 aromatic carbocycles. The van der Waals surface area contributed by atoms with E-state index in [1.165, 1.54) is 4.90 Å². The maximum absolute atomic E-state index is 5.81. The third-order valence-electron chi connectivity index (χ3n) is 2.73. The topological polar surface area (TPSA) is 26.0 Å². The summed E-state index contributed by atoms with van der Waals surface area (Å²) in [5.41, 5.74) is 8.38. The molecule has 0 atom stereocenters. The highest BCUT2D eigenvalue weighted by atomic mass is 32.2. The van der Waals surface area contributed by atoms with Crippen molar-refractivity contribution in [1.82, 2.24) is 0 Å². The lowest BCUT2D eigenvalue weighted by molar-refractivity contribution is 1.42. The second-order valence-electron chi connectivity index (χ2n) is 4.16. The minimum absolute atomic E-state index is 0.693. The van der Waals surface area contributed by atoms with Gasteiger partial charge < -0.3 is 5.73 Å². The number of benzene rings is 2. The molecule has 21 heavy (non-hydrogen) atoms. The van der Waals surface area contributed by atoms with Crippen LogP contribution in [-0.4, -0.2) is 6.26 Å². The van der Waals surface area contributed by atoms with Gasteiger partial charge in [-0.1, -0.05) is 47.9 Å². The van der Waals surface area contributed by atoms with Crippen molar-refractivity contribution in [1.29, 1.82) is 0 Å². The van der Waals surface area contributed by atoms with Crippen LogP contribution in [0.2, 0.25) is 0 Å². The normalized spacial score (nSPS) is 9.57. The molecule has 0 aliphatic heterocycles. The van der Waals surface area contributed by atoms with E-state index >= 15 is 0 Å². The van der Waals surface area contributed by atoms with Crippen LogP contribution in [0.25, 0.3) is 0 Å². The molecule has 1 nitrogen and oxygen atoms in total. The second-order valence-corrected chi connectivity index (χ2v) is 5.01. The van der Waals surface area contributed by atoms with Gasteiger partial charge in [-0.25, -0.2) is 0 Å². The largest absolute Gasteiger partial charge is 0.398 e. The summed E-state index contributed by atoms with van der Waals surface area (Å²) < 4.78 is 0. The number of nitrogens with two attached hydrogens (primary N) is 1. The predicted octanol–water partition coefficient (Wildman–Crippen LogP) is 3.95. The molecule has 0 radical (unpaired) electrons. The predicted molar refractivity (Wildman–Crippen MR) is 92.0 cm³/mol. The molecule has 2 heteroatoms. The Morgan fingerprint density at radius 1 is 0.857 bits per heavy atom. The summed E-state index contributed by atoms with van der Waals surface area (Å²) in [6, 6.07) is 15.6. The van der Waals surface area contributed by atoms with Gasteiger partial charge in [0.15, 0.2) is 0 Å². The molecular formula is C19H15NS. The fraction of sp³-hybridized carbons (Fsp3) is 0.0526. The molecule has 0 unspecified atom stereocenters. The second kappa shape index (κ2) is 7.90. The van der Waals surface area contributed by atoms with Crippen LogP contribution in [0.1, 0.15) is 11.1 Å². The van der Waals surface area contributed by atoms with E-state index in [9.17, 15) is 0 Å². The Morgan fingerprint density at radius 3 is 2.10 bits per heavy atom. The van der Waals surface area contributed by atoms with Gasteiger partial charge in [-0.15, -0.1) is 11.8 Å². The van der Waals surface area contributed by atoms with E-state index in [1.807, 2.05) is 48.7 Å². The Kier molecular flexibility index (Phi) is 5.59. The SMILES string of the molecule is CSc1ccccc1C#C/C=C\C#Cc1ccccc1N. The number of hydrogen-bond acceptors (Lipinski definition) is 2. The Balaban J connectivity index is 2.05. The minimum Gasteiger partial charge on any atom is -0.398 e. The lowest BCUT2D eigenvalue weighted by Gasteiger charge is -1.97. The van der Waals surface area contributed by atoms with E-state index in [0.717, 1.165) is 11.1 Å². The van der Waals surface area contributed by atoms with E-state index in [-0.39, 0.29) is 0 Å². The first-order valence-corrected chi connectivity index (χ1v) is 7.69. The number of para-hydroxylation sites is 1. The molecule has 2 aromatic rings. The smallest absolute Gasteiger partial charge is 0.0478 e. The standard InChI is InChI=1S/C19H15NS/c1-21-19-15-9-7-13-17(19)12-5-3-2-4-10-16-11-6-8-14-18(16)20/h2-3,6-9,11,13-15H,20H2,1H3/b3-2-. The third-order valence-corrected chi connectivity index (χ3v) is 3.53. The van der Waals surface area contributed by atoms with Crippen molar-refractivity contribution in [2.24, 2.45) is 0 Å². The van der Waals surface area contributed by atoms with Crippen LogP contribution in [0.4, 0.5) is 5.69 Å². The van der Waals surface area contributed by atoms with E-state index in [0.29, 0.717) is 5.69 Å². The van der Waals surface area contributed by atoms with Crippen molar-refractivity contribution in [3.63, 3.8) is 0 Å². The molecule has 0 spiro atoms. The Bertz CT molecular complexity index is 767. The van der Waals surface area contributed by atoms with Gasteiger partial charge in [0, 0.05) is 21.7 Å². The molecular weight excluding hydrogens is 274 g/mol. The maximum Gasteiger partial charge on any atom is 0.0478 e. The molecule has 0 saturated carbocycles. The van der Waals surface area contributed by atoms with Gasteiger partial charge in [0.2, 0.25) is 0 Å². The van der Waals surface area contributed by atoms with E-state index in [1.54, 1.807) is 23.9 Å². The summed E-state index contributed by atoms with van der Waals surface area (Å²) in [6.45, 7) is 0. The van der Waals surface area contributed by atoms with Gasteiger partial charge in [-0.3, -0.25) is 0 Å². The summed E-state index contributed by atoms with van der Waals surface area (Å²) >= 11 is 1.69. The van der Waals surface area contributed by atoms with Crippen molar-refractivity contribution in [2.45, 2.75) is 4.90 Å². The zero-order chi connectivity index (χ0) is 14.9. The van der Waals surface area contributed by atoms with Crippen LogP contribution in [0.5, 0.6) is 0 Å². The van der Waals surface area contributed by atoms with Crippen LogP contribution in [0, 0.1) is 23.7 Å². The fourth-order valence-electron chi connectivity index (χ4n) is 1.68. The first-order valence-electron chi connectivity index (χ1n) is 6.47. The number of thioether (sulfide) groups is 1. The average Bonchev–Trinajstić information content (AvgIpc) is 2.52. The van der Waals surface area contributed by atoms with Crippen LogP contribution >= 0.6 is 11.8 Å². The number of nitrogen functional groups attached to an aromatic ring is 1. The lowest BCUT2D eigenvalue weighted by Crippen LogP contribution is -1.87. The minimum atomic E-state index is 0.693. The van der Waals surface area contributed by atoms with Crippen LogP contribution in [-0.2, 0) is 0 Å². The summed E-state index contributed by atoms with van der Waals surface area (Å²) in [7, 11) is 0. The van der Waals surface area contributed by atoms with Crippen LogP contribution in [0.3, 0.4) is 0 Å². The highest BCUT2D eigenvalue weighted by molar-refractivity contribution is 7.98. The summed E-state index contributed by atoms with van der Waals surface area (Å²) in [4.78, 5) is 1.18. The number of allylic oxidation sites excluding steroid dienone is 2. The van der Waals surface area contributed by atoms with Gasteiger partial charge in [-0.2, -0.15) is 0 Å². The highest BCUT2D eigenvalue weighted by Gasteiger charge is 1.94. The molecule has 0 aromatic heterocycles. The molecule has 0 amide bonds. The molecule has 102 valence electrons. The van der Waals surface area contributed by atoms with Crippen molar-refractivity contribution >= 4 is 17.4 Å². The van der Waals surface area contributed by atoms with Crippen molar-refractivity contribution in [3.05, 3.63) is 71.8 Å². The highest BCUT2D eigenvalue weighted by Crippen LogP contribution is 2.18. The van der Waals surface area contributed by atoms with Gasteiger partial charge in [0.1, 0.15) is 0 Å². The monoisotopic (exact) mass is 289 g/mol. The quantitative estimate of drug-likeness (QED) is 0.489. The van der Waals surface area contributed by atoms with Crippen LogP contribution in [0.15, 0.2) is 65.6 Å². The third kappa shape index (κ3) is 4.49.